The average Bonchev–Trinajstić information content (AvgIpc) is 3.14. The molecule has 3 aromatic rings. The van der Waals surface area contributed by atoms with E-state index in [-0.39, 0.29) is 5.78 Å². The zero-order valence-corrected chi connectivity index (χ0v) is 18.0. The first-order chi connectivity index (χ1) is 15.1. The minimum Gasteiger partial charge on any atom is -0.462 e. The molecular weight excluding hydrogens is 388 g/mol. The van der Waals surface area contributed by atoms with E-state index in [2.05, 4.69) is 33.7 Å². The number of fused-ring (bicyclic) bond motifs is 2. The fourth-order valence-corrected chi connectivity index (χ4v) is 5.27. The van der Waals surface area contributed by atoms with E-state index in [1.807, 2.05) is 24.4 Å². The van der Waals surface area contributed by atoms with E-state index in [0.29, 0.717) is 6.61 Å². The molecule has 5 heteroatoms. The standard InChI is InChI=1S/C26H28N2O3/c1-18(29)23-16-28(24-8-3-2-7-22(23)24)21-9-10-25-19(15-21)17-30-26(31-25)11-13-27(14-12-26)20-5-4-6-20/h2-3,7-10,15-16,20H,4-6,11-14,17H2,1H3. The molecule has 0 unspecified atom stereocenters. The summed E-state index contributed by atoms with van der Waals surface area (Å²) >= 11 is 0. The number of carbonyl (C=O) groups excluding carboxylic acids is 1. The molecule has 3 heterocycles. The molecule has 0 atom stereocenters. The van der Waals surface area contributed by atoms with E-state index in [1.54, 1.807) is 6.92 Å². The molecule has 0 N–H and O–H groups in total. The van der Waals surface area contributed by atoms with Gasteiger partial charge in [-0.3, -0.25) is 9.69 Å². The first kappa shape index (κ1) is 19.1. The van der Waals surface area contributed by atoms with E-state index in [4.69, 9.17) is 9.47 Å². The number of likely N-dealkylation sites (tertiary alicyclic amines) is 1. The first-order valence-electron chi connectivity index (χ1n) is 11.4. The van der Waals surface area contributed by atoms with Crippen LogP contribution < -0.4 is 4.74 Å². The third-order valence-corrected chi connectivity index (χ3v) is 7.35. The summed E-state index contributed by atoms with van der Waals surface area (Å²) in [5.41, 5.74) is 3.86. The van der Waals surface area contributed by atoms with Gasteiger partial charge in [0.25, 0.3) is 0 Å². The molecule has 1 saturated heterocycles. The van der Waals surface area contributed by atoms with E-state index < -0.39 is 5.79 Å². The fraction of sp³-hybridized carbons (Fsp3) is 0.423. The van der Waals surface area contributed by atoms with Gasteiger partial charge in [0.15, 0.2) is 5.78 Å². The quantitative estimate of drug-likeness (QED) is 0.558. The molecule has 5 nitrogen and oxygen atoms in total. The molecule has 0 amide bonds. The SMILES string of the molecule is CC(=O)c1cn(-c2ccc3c(c2)COC2(CCN(C4CCC4)CC2)O3)c2ccccc12. The van der Waals surface area contributed by atoms with Crippen LogP contribution in [-0.4, -0.2) is 40.2 Å². The number of hydrogen-bond acceptors (Lipinski definition) is 4. The highest BCUT2D eigenvalue weighted by Gasteiger charge is 2.42. The Morgan fingerprint density at radius 2 is 1.90 bits per heavy atom. The number of carbonyl (C=O) groups is 1. The number of nitrogens with zero attached hydrogens (tertiary/aromatic N) is 2. The maximum atomic E-state index is 12.1. The van der Waals surface area contributed by atoms with E-state index >= 15 is 0 Å². The highest BCUT2D eigenvalue weighted by molar-refractivity contribution is 6.07. The number of ketones is 1. The summed E-state index contributed by atoms with van der Waals surface area (Å²) in [6.45, 7) is 4.30. The van der Waals surface area contributed by atoms with Crippen LogP contribution in [0.15, 0.2) is 48.7 Å². The minimum atomic E-state index is -0.475. The van der Waals surface area contributed by atoms with Gasteiger partial charge in [-0.2, -0.15) is 0 Å². The average molecular weight is 417 g/mol. The van der Waals surface area contributed by atoms with Gasteiger partial charge in [0.05, 0.1) is 12.1 Å². The lowest BCUT2D eigenvalue weighted by Crippen LogP contribution is -2.54. The highest BCUT2D eigenvalue weighted by Crippen LogP contribution is 2.40. The molecule has 1 aromatic heterocycles. The number of benzene rings is 2. The number of Topliss-reactive ketones (excluding diaryl/α,β-unsaturated/α-hetero) is 1. The summed E-state index contributed by atoms with van der Waals surface area (Å²) in [5, 5.41) is 0.984. The third kappa shape index (κ3) is 3.19. The van der Waals surface area contributed by atoms with Crippen molar-refractivity contribution in [2.45, 2.75) is 57.5 Å². The van der Waals surface area contributed by atoms with E-state index in [9.17, 15) is 4.79 Å². The van der Waals surface area contributed by atoms with Crippen LogP contribution in [-0.2, 0) is 11.3 Å². The Morgan fingerprint density at radius 3 is 2.65 bits per heavy atom. The maximum Gasteiger partial charge on any atom is 0.213 e. The van der Waals surface area contributed by atoms with Gasteiger partial charge < -0.3 is 14.0 Å². The monoisotopic (exact) mass is 416 g/mol. The van der Waals surface area contributed by atoms with Crippen LogP contribution in [0, 0.1) is 0 Å². The molecule has 0 radical (unpaired) electrons. The number of rotatable bonds is 3. The minimum absolute atomic E-state index is 0.0785. The second kappa shape index (κ2) is 7.21. The molecule has 2 aliphatic heterocycles. The zero-order valence-electron chi connectivity index (χ0n) is 18.0. The van der Waals surface area contributed by atoms with Crippen LogP contribution >= 0.6 is 0 Å². The zero-order chi connectivity index (χ0) is 21.0. The molecule has 1 spiro atoms. The molecule has 6 rings (SSSR count). The van der Waals surface area contributed by atoms with Crippen molar-refractivity contribution in [3.8, 4) is 11.4 Å². The Morgan fingerprint density at radius 1 is 1.10 bits per heavy atom. The van der Waals surface area contributed by atoms with Crippen LogP contribution in [0.3, 0.4) is 0 Å². The second-order valence-corrected chi connectivity index (χ2v) is 9.20. The van der Waals surface area contributed by atoms with Crippen molar-refractivity contribution in [1.29, 1.82) is 0 Å². The number of aromatic nitrogens is 1. The molecule has 2 fully saturated rings. The molecule has 160 valence electrons. The van der Waals surface area contributed by atoms with Gasteiger partial charge in [0.1, 0.15) is 5.75 Å². The first-order valence-corrected chi connectivity index (χ1v) is 11.4. The highest BCUT2D eigenvalue weighted by atomic mass is 16.7. The fourth-order valence-electron chi connectivity index (χ4n) is 5.27. The Kier molecular flexibility index (Phi) is 4.44. The molecule has 0 bridgehead atoms. The topological polar surface area (TPSA) is 43.7 Å². The van der Waals surface area contributed by atoms with Crippen molar-refractivity contribution in [1.82, 2.24) is 9.47 Å². The van der Waals surface area contributed by atoms with Gasteiger partial charge in [-0.05, 0) is 44.0 Å². The lowest BCUT2D eigenvalue weighted by atomic mass is 9.89. The van der Waals surface area contributed by atoms with Gasteiger partial charge in [0.2, 0.25) is 5.79 Å². The largest absolute Gasteiger partial charge is 0.462 e. The van der Waals surface area contributed by atoms with Crippen LogP contribution in [0.5, 0.6) is 5.75 Å². The number of para-hydroxylation sites is 1. The molecular formula is C26H28N2O3. The summed E-state index contributed by atoms with van der Waals surface area (Å²) in [5.74, 6) is 0.529. The van der Waals surface area contributed by atoms with Crippen LogP contribution in [0.4, 0.5) is 0 Å². The van der Waals surface area contributed by atoms with Gasteiger partial charge in [-0.15, -0.1) is 0 Å². The van der Waals surface area contributed by atoms with Crippen LogP contribution in [0.1, 0.15) is 54.9 Å². The Hall–Kier alpha value is -2.63. The van der Waals surface area contributed by atoms with Gasteiger partial charge in [-0.25, -0.2) is 0 Å². The molecule has 1 saturated carbocycles. The van der Waals surface area contributed by atoms with Crippen molar-refractivity contribution in [2.24, 2.45) is 0 Å². The van der Waals surface area contributed by atoms with Crippen molar-refractivity contribution < 1.29 is 14.3 Å². The predicted molar refractivity (Wildman–Crippen MR) is 120 cm³/mol. The normalized spacial score (nSPS) is 20.9. The number of piperidine rings is 1. The van der Waals surface area contributed by atoms with Crippen molar-refractivity contribution in [3.05, 3.63) is 59.8 Å². The maximum absolute atomic E-state index is 12.1. The lowest BCUT2D eigenvalue weighted by Gasteiger charge is -2.47. The summed E-state index contributed by atoms with van der Waals surface area (Å²) in [7, 11) is 0. The van der Waals surface area contributed by atoms with Crippen molar-refractivity contribution in [2.75, 3.05) is 13.1 Å². The van der Waals surface area contributed by atoms with Gasteiger partial charge >= 0.3 is 0 Å². The smallest absolute Gasteiger partial charge is 0.213 e. The third-order valence-electron chi connectivity index (χ3n) is 7.35. The number of hydrogen-bond donors (Lipinski definition) is 0. The molecule has 2 aromatic carbocycles. The predicted octanol–water partition coefficient (Wildman–Crippen LogP) is 5.09. The Bertz CT molecular complexity index is 1150. The summed E-state index contributed by atoms with van der Waals surface area (Å²) in [6.07, 6.45) is 7.86. The second-order valence-electron chi connectivity index (χ2n) is 9.20. The van der Waals surface area contributed by atoms with Crippen LogP contribution in [0.2, 0.25) is 0 Å². The van der Waals surface area contributed by atoms with Gasteiger partial charge in [-0.1, -0.05) is 24.6 Å². The summed E-state index contributed by atoms with van der Waals surface area (Å²) < 4.78 is 14.9. The Labute approximate surface area is 182 Å². The van der Waals surface area contributed by atoms with E-state index in [0.717, 1.165) is 65.4 Å². The van der Waals surface area contributed by atoms with Crippen molar-refractivity contribution in [3.63, 3.8) is 0 Å². The lowest BCUT2D eigenvalue weighted by molar-refractivity contribution is -0.231. The van der Waals surface area contributed by atoms with Gasteiger partial charge in [0, 0.05) is 60.4 Å². The van der Waals surface area contributed by atoms with Crippen molar-refractivity contribution >= 4 is 16.7 Å². The Balaban J connectivity index is 1.27. The summed E-state index contributed by atoms with van der Waals surface area (Å²) in [6, 6.07) is 15.1. The molecule has 1 aliphatic carbocycles. The van der Waals surface area contributed by atoms with E-state index in [1.165, 1.54) is 19.3 Å². The van der Waals surface area contributed by atoms with Crippen LogP contribution in [0.25, 0.3) is 16.6 Å². The molecule has 31 heavy (non-hydrogen) atoms. The number of ether oxygens (including phenoxy) is 2. The summed E-state index contributed by atoms with van der Waals surface area (Å²) in [4.78, 5) is 14.8. The molecule has 3 aliphatic rings.